The third-order valence-electron chi connectivity index (χ3n) is 5.81. The summed E-state index contributed by atoms with van der Waals surface area (Å²) < 4.78 is 18.7. The number of aliphatic hydroxyl groups excluding tert-OH is 1. The van der Waals surface area contributed by atoms with Gasteiger partial charge in [0.15, 0.2) is 0 Å². The standard InChI is InChI=1S/C23H21ClFNO4/c1-30-18-11-8-14(12-17(18)24)21(27)19-20(13-6-9-15(25)10-7-13)26(23(29)22(19)28)16-4-2-3-5-16/h6-12,16,20,27H,2-5H2,1H3/b21-19-. The van der Waals surface area contributed by atoms with E-state index in [0.29, 0.717) is 16.9 Å². The van der Waals surface area contributed by atoms with Crippen LogP contribution >= 0.6 is 11.6 Å². The van der Waals surface area contributed by atoms with E-state index in [-0.39, 0.29) is 22.4 Å². The molecule has 1 aliphatic carbocycles. The number of nitrogens with zero attached hydrogens (tertiary/aromatic N) is 1. The highest BCUT2D eigenvalue weighted by Crippen LogP contribution is 2.43. The van der Waals surface area contributed by atoms with Gasteiger partial charge in [0.25, 0.3) is 11.7 Å². The van der Waals surface area contributed by atoms with E-state index < -0.39 is 23.5 Å². The Hall–Kier alpha value is -2.86. The molecule has 1 saturated heterocycles. The van der Waals surface area contributed by atoms with Gasteiger partial charge in [-0.05, 0) is 48.7 Å². The zero-order chi connectivity index (χ0) is 21.4. The number of ketones is 1. The number of amides is 1. The van der Waals surface area contributed by atoms with E-state index in [4.69, 9.17) is 16.3 Å². The number of ether oxygens (including phenoxy) is 1. The lowest BCUT2D eigenvalue weighted by Crippen LogP contribution is -2.37. The van der Waals surface area contributed by atoms with Gasteiger partial charge in [0.1, 0.15) is 17.3 Å². The third-order valence-corrected chi connectivity index (χ3v) is 6.10. The number of Topliss-reactive ketones (excluding diaryl/α,β-unsaturated/α-hetero) is 1. The van der Waals surface area contributed by atoms with Gasteiger partial charge in [0.2, 0.25) is 0 Å². The average molecular weight is 430 g/mol. The Labute approximate surface area is 178 Å². The number of aliphatic hydroxyl groups is 1. The molecule has 2 aromatic carbocycles. The van der Waals surface area contributed by atoms with Crippen molar-refractivity contribution >= 4 is 29.1 Å². The van der Waals surface area contributed by atoms with E-state index in [1.54, 1.807) is 29.2 Å². The summed E-state index contributed by atoms with van der Waals surface area (Å²) in [5.41, 5.74) is 0.862. The molecule has 1 N–H and O–H groups in total. The largest absolute Gasteiger partial charge is 0.507 e. The van der Waals surface area contributed by atoms with Crippen molar-refractivity contribution in [2.45, 2.75) is 37.8 Å². The van der Waals surface area contributed by atoms with E-state index in [0.717, 1.165) is 25.7 Å². The quantitative estimate of drug-likeness (QED) is 0.428. The number of methoxy groups -OCH3 is 1. The molecule has 0 aromatic heterocycles. The van der Waals surface area contributed by atoms with Gasteiger partial charge in [-0.3, -0.25) is 9.59 Å². The summed E-state index contributed by atoms with van der Waals surface area (Å²) in [6.07, 6.45) is 3.52. The zero-order valence-corrected chi connectivity index (χ0v) is 17.2. The summed E-state index contributed by atoms with van der Waals surface area (Å²) in [5.74, 6) is -1.70. The maximum absolute atomic E-state index is 13.5. The maximum Gasteiger partial charge on any atom is 0.295 e. The topological polar surface area (TPSA) is 66.8 Å². The number of benzene rings is 2. The van der Waals surface area contributed by atoms with Crippen molar-refractivity contribution in [1.29, 1.82) is 0 Å². The lowest BCUT2D eigenvalue weighted by Gasteiger charge is -2.30. The molecule has 1 atom stereocenters. The van der Waals surface area contributed by atoms with Crippen LogP contribution in [0.4, 0.5) is 4.39 Å². The molecule has 7 heteroatoms. The van der Waals surface area contributed by atoms with Crippen LogP contribution in [-0.4, -0.2) is 34.8 Å². The minimum Gasteiger partial charge on any atom is -0.507 e. The first kappa shape index (κ1) is 20.4. The fourth-order valence-corrected chi connectivity index (χ4v) is 4.61. The number of hydrogen-bond acceptors (Lipinski definition) is 4. The zero-order valence-electron chi connectivity index (χ0n) is 16.4. The second-order valence-corrected chi connectivity index (χ2v) is 7.95. The molecule has 1 unspecified atom stereocenters. The fraction of sp³-hybridized carbons (Fsp3) is 0.304. The fourth-order valence-electron chi connectivity index (χ4n) is 4.35. The Bertz CT molecular complexity index is 1030. The molecule has 0 spiro atoms. The van der Waals surface area contributed by atoms with Gasteiger partial charge in [-0.25, -0.2) is 4.39 Å². The molecular formula is C23H21ClFNO4. The van der Waals surface area contributed by atoms with Crippen molar-refractivity contribution in [2.24, 2.45) is 0 Å². The number of halogens is 2. The number of likely N-dealkylation sites (tertiary alicyclic amines) is 1. The van der Waals surface area contributed by atoms with Crippen LogP contribution in [0.1, 0.15) is 42.9 Å². The molecule has 1 amide bonds. The van der Waals surface area contributed by atoms with Gasteiger partial charge in [0.05, 0.1) is 23.7 Å². The minimum absolute atomic E-state index is 0.0141. The summed E-state index contributed by atoms with van der Waals surface area (Å²) in [7, 11) is 1.47. The lowest BCUT2D eigenvalue weighted by molar-refractivity contribution is -0.141. The molecule has 1 saturated carbocycles. The highest BCUT2D eigenvalue weighted by molar-refractivity contribution is 6.46. The first-order valence-electron chi connectivity index (χ1n) is 9.82. The summed E-state index contributed by atoms with van der Waals surface area (Å²) in [4.78, 5) is 27.5. The number of hydrogen-bond donors (Lipinski definition) is 1. The molecule has 2 aliphatic rings. The van der Waals surface area contributed by atoms with Crippen molar-refractivity contribution in [3.8, 4) is 5.75 Å². The van der Waals surface area contributed by atoms with Crippen LogP contribution in [0.15, 0.2) is 48.0 Å². The predicted octanol–water partition coefficient (Wildman–Crippen LogP) is 4.85. The predicted molar refractivity (Wildman–Crippen MR) is 111 cm³/mol. The van der Waals surface area contributed by atoms with Crippen LogP contribution in [-0.2, 0) is 9.59 Å². The second-order valence-electron chi connectivity index (χ2n) is 7.55. The van der Waals surface area contributed by atoms with Gasteiger partial charge in [-0.15, -0.1) is 0 Å². The van der Waals surface area contributed by atoms with Crippen LogP contribution in [0.25, 0.3) is 5.76 Å². The van der Waals surface area contributed by atoms with Crippen molar-refractivity contribution in [3.63, 3.8) is 0 Å². The van der Waals surface area contributed by atoms with Crippen LogP contribution < -0.4 is 4.74 Å². The summed E-state index contributed by atoms with van der Waals surface area (Å²) in [6.45, 7) is 0. The van der Waals surface area contributed by atoms with Crippen molar-refractivity contribution in [2.75, 3.05) is 7.11 Å². The van der Waals surface area contributed by atoms with Gasteiger partial charge in [-0.2, -0.15) is 0 Å². The highest BCUT2D eigenvalue weighted by Gasteiger charge is 2.49. The van der Waals surface area contributed by atoms with Crippen LogP contribution in [0.2, 0.25) is 5.02 Å². The van der Waals surface area contributed by atoms with Crippen LogP contribution in [0.3, 0.4) is 0 Å². The maximum atomic E-state index is 13.5. The number of carbonyl (C=O) groups is 2. The monoisotopic (exact) mass is 429 g/mol. The molecular weight excluding hydrogens is 409 g/mol. The highest BCUT2D eigenvalue weighted by atomic mass is 35.5. The van der Waals surface area contributed by atoms with E-state index in [9.17, 15) is 19.1 Å². The van der Waals surface area contributed by atoms with E-state index in [2.05, 4.69) is 0 Å². The Morgan fingerprint density at radius 1 is 1.13 bits per heavy atom. The molecule has 4 rings (SSSR count). The Kier molecular flexibility index (Phi) is 5.52. The number of carbonyl (C=O) groups excluding carboxylic acids is 2. The molecule has 1 heterocycles. The Balaban J connectivity index is 1.87. The lowest BCUT2D eigenvalue weighted by atomic mass is 9.94. The average Bonchev–Trinajstić information content (AvgIpc) is 3.35. The second kappa shape index (κ2) is 8.11. The molecule has 5 nitrogen and oxygen atoms in total. The molecule has 2 fully saturated rings. The first-order valence-corrected chi connectivity index (χ1v) is 10.2. The van der Waals surface area contributed by atoms with Crippen LogP contribution in [0, 0.1) is 5.82 Å². The van der Waals surface area contributed by atoms with E-state index in [1.165, 1.54) is 25.3 Å². The third kappa shape index (κ3) is 3.45. The molecule has 2 aromatic rings. The van der Waals surface area contributed by atoms with Crippen LogP contribution in [0.5, 0.6) is 5.75 Å². The van der Waals surface area contributed by atoms with Gasteiger partial charge in [-0.1, -0.05) is 36.6 Å². The Morgan fingerprint density at radius 2 is 1.80 bits per heavy atom. The Morgan fingerprint density at radius 3 is 2.40 bits per heavy atom. The minimum atomic E-state index is -0.783. The SMILES string of the molecule is COc1ccc(/C(O)=C2/C(=O)C(=O)N(C3CCCC3)C2c2ccc(F)cc2)cc1Cl. The first-order chi connectivity index (χ1) is 14.4. The van der Waals surface area contributed by atoms with Gasteiger partial charge in [0, 0.05) is 11.6 Å². The summed E-state index contributed by atoms with van der Waals surface area (Å²) in [6, 6.07) is 9.42. The number of rotatable bonds is 4. The summed E-state index contributed by atoms with van der Waals surface area (Å²) in [5, 5.41) is 11.3. The smallest absolute Gasteiger partial charge is 0.295 e. The van der Waals surface area contributed by atoms with Crippen molar-refractivity contribution in [1.82, 2.24) is 4.90 Å². The molecule has 0 radical (unpaired) electrons. The van der Waals surface area contributed by atoms with E-state index in [1.807, 2.05) is 0 Å². The van der Waals surface area contributed by atoms with E-state index >= 15 is 0 Å². The normalized spacial score (nSPS) is 21.4. The molecule has 156 valence electrons. The molecule has 0 bridgehead atoms. The van der Waals surface area contributed by atoms with Gasteiger partial charge < -0.3 is 14.7 Å². The van der Waals surface area contributed by atoms with Gasteiger partial charge >= 0.3 is 0 Å². The molecule has 1 aliphatic heterocycles. The molecule has 30 heavy (non-hydrogen) atoms. The summed E-state index contributed by atoms with van der Waals surface area (Å²) >= 11 is 6.19. The van der Waals surface area contributed by atoms with Crippen molar-refractivity contribution in [3.05, 3.63) is 70.0 Å². The van der Waals surface area contributed by atoms with Crippen molar-refractivity contribution < 1.29 is 23.8 Å².